The summed E-state index contributed by atoms with van der Waals surface area (Å²) in [6.07, 6.45) is 8.36. The van der Waals surface area contributed by atoms with Gasteiger partial charge in [0.25, 0.3) is 10.0 Å². The highest BCUT2D eigenvalue weighted by Crippen LogP contribution is 2.36. The molecule has 2 fully saturated rings. The predicted molar refractivity (Wildman–Crippen MR) is 148 cm³/mol. The van der Waals surface area contributed by atoms with E-state index in [2.05, 4.69) is 34.0 Å². The van der Waals surface area contributed by atoms with Crippen molar-refractivity contribution in [3.63, 3.8) is 0 Å². The van der Waals surface area contributed by atoms with Crippen LogP contribution < -0.4 is 0 Å². The van der Waals surface area contributed by atoms with Crippen molar-refractivity contribution in [3.05, 3.63) is 70.7 Å². The number of piperazine rings is 1. The Kier molecular flexibility index (Phi) is 6.84. The standard InChI is InChI=1S/C28H32FN5O2S2/c1-19-13-26-22(15-31-34(26)24-9-7-23(29)8-10-24)14-25(19)27-18-33(38(35,36)28-16-30-20(2)37-28)12-11-32(27)17-21-5-3-4-6-21/h7-10,13-16,21,27H,3-6,11-12,17-18H2,1-2H3/t27-/m0/s1. The monoisotopic (exact) mass is 553 g/mol. The highest BCUT2D eigenvalue weighted by atomic mass is 32.2. The van der Waals surface area contributed by atoms with Crippen molar-refractivity contribution in [2.24, 2.45) is 5.92 Å². The van der Waals surface area contributed by atoms with Crippen molar-refractivity contribution in [2.75, 3.05) is 26.2 Å². The van der Waals surface area contributed by atoms with Gasteiger partial charge in [0.2, 0.25) is 0 Å². The molecule has 0 radical (unpaired) electrons. The number of benzene rings is 2. The molecule has 4 aromatic rings. The number of rotatable bonds is 6. The van der Waals surface area contributed by atoms with Crippen molar-refractivity contribution >= 4 is 32.3 Å². The van der Waals surface area contributed by atoms with Gasteiger partial charge in [0.1, 0.15) is 5.82 Å². The average molecular weight is 554 g/mol. The summed E-state index contributed by atoms with van der Waals surface area (Å²) >= 11 is 1.23. The first-order chi connectivity index (χ1) is 18.3. The normalized spacial score (nSPS) is 20.0. The van der Waals surface area contributed by atoms with Gasteiger partial charge in [-0.2, -0.15) is 9.40 Å². The van der Waals surface area contributed by atoms with E-state index in [-0.39, 0.29) is 11.9 Å². The Hall–Kier alpha value is -2.66. The molecule has 1 aliphatic carbocycles. The summed E-state index contributed by atoms with van der Waals surface area (Å²) in [5, 5.41) is 6.32. The van der Waals surface area contributed by atoms with Crippen LogP contribution in [0.1, 0.15) is 47.9 Å². The number of fused-ring (bicyclic) bond motifs is 1. The van der Waals surface area contributed by atoms with E-state index >= 15 is 0 Å². The average Bonchev–Trinajstić information content (AvgIpc) is 3.66. The minimum Gasteiger partial charge on any atom is -0.293 e. The Labute approximate surface area is 227 Å². The molecule has 6 rings (SSSR count). The Morgan fingerprint density at radius 3 is 2.53 bits per heavy atom. The first kappa shape index (κ1) is 25.6. The highest BCUT2D eigenvalue weighted by Gasteiger charge is 2.37. The maximum atomic E-state index is 13.5. The van der Waals surface area contributed by atoms with E-state index in [1.54, 1.807) is 16.4 Å². The number of aromatic nitrogens is 3. The molecule has 3 heterocycles. The third kappa shape index (κ3) is 4.79. The Balaban J connectivity index is 1.37. The molecule has 2 aliphatic rings. The highest BCUT2D eigenvalue weighted by molar-refractivity contribution is 7.91. The molecule has 38 heavy (non-hydrogen) atoms. The second kappa shape index (κ2) is 10.1. The number of halogens is 1. The number of thiazole rings is 1. The maximum Gasteiger partial charge on any atom is 0.254 e. The number of sulfonamides is 1. The van der Waals surface area contributed by atoms with Gasteiger partial charge >= 0.3 is 0 Å². The van der Waals surface area contributed by atoms with Crippen LogP contribution in [0.5, 0.6) is 0 Å². The summed E-state index contributed by atoms with van der Waals surface area (Å²) in [4.78, 5) is 6.69. The van der Waals surface area contributed by atoms with Crippen molar-refractivity contribution < 1.29 is 12.8 Å². The number of nitrogens with zero attached hydrogens (tertiary/aromatic N) is 5. The summed E-state index contributed by atoms with van der Waals surface area (Å²) < 4.78 is 44.4. The van der Waals surface area contributed by atoms with E-state index in [4.69, 9.17) is 0 Å². The maximum absolute atomic E-state index is 13.5. The second-order valence-electron chi connectivity index (χ2n) is 10.5. The van der Waals surface area contributed by atoms with Crippen LogP contribution in [0, 0.1) is 25.6 Å². The molecule has 0 unspecified atom stereocenters. The van der Waals surface area contributed by atoms with Crippen LogP contribution in [0.3, 0.4) is 0 Å². The third-order valence-corrected chi connectivity index (χ3v) is 11.2. The lowest BCUT2D eigenvalue weighted by Gasteiger charge is -2.42. The van der Waals surface area contributed by atoms with Crippen LogP contribution in [0.2, 0.25) is 0 Å². The summed E-state index contributed by atoms with van der Waals surface area (Å²) in [5.41, 5.74) is 3.97. The zero-order chi connectivity index (χ0) is 26.4. The third-order valence-electron chi connectivity index (χ3n) is 8.00. The van der Waals surface area contributed by atoms with Gasteiger partial charge in [-0.3, -0.25) is 4.90 Å². The molecule has 0 bridgehead atoms. The van der Waals surface area contributed by atoms with Gasteiger partial charge in [-0.15, -0.1) is 11.3 Å². The van der Waals surface area contributed by atoms with Crippen molar-refractivity contribution in [1.82, 2.24) is 24.0 Å². The van der Waals surface area contributed by atoms with Crippen LogP contribution in [-0.2, 0) is 10.0 Å². The van der Waals surface area contributed by atoms with Gasteiger partial charge in [0, 0.05) is 37.6 Å². The molecular weight excluding hydrogens is 521 g/mol. The van der Waals surface area contributed by atoms with Crippen LogP contribution >= 0.6 is 11.3 Å². The molecule has 0 N–H and O–H groups in total. The molecule has 7 nitrogen and oxygen atoms in total. The lowest BCUT2D eigenvalue weighted by molar-refractivity contribution is 0.100. The van der Waals surface area contributed by atoms with Crippen LogP contribution in [0.25, 0.3) is 16.6 Å². The summed E-state index contributed by atoms with van der Waals surface area (Å²) in [5.74, 6) is 0.381. The Morgan fingerprint density at radius 1 is 1.05 bits per heavy atom. The van der Waals surface area contributed by atoms with Crippen molar-refractivity contribution in [3.8, 4) is 5.69 Å². The van der Waals surface area contributed by atoms with E-state index in [0.717, 1.165) is 39.3 Å². The van der Waals surface area contributed by atoms with E-state index in [9.17, 15) is 12.8 Å². The number of hydrogen-bond donors (Lipinski definition) is 0. The molecule has 2 aromatic heterocycles. The van der Waals surface area contributed by atoms with Crippen molar-refractivity contribution in [2.45, 2.75) is 49.8 Å². The molecule has 1 aliphatic heterocycles. The second-order valence-corrected chi connectivity index (χ2v) is 13.9. The van der Waals surface area contributed by atoms with E-state index in [1.807, 2.05) is 17.8 Å². The quantitative estimate of drug-likeness (QED) is 0.316. The molecule has 1 saturated heterocycles. The molecule has 0 spiro atoms. The SMILES string of the molecule is Cc1ncc(S(=O)(=O)N2CCN(CC3CCCC3)[C@H](c3cc4cnn(-c5ccc(F)cc5)c4cc3C)C2)s1. The topological polar surface area (TPSA) is 71.3 Å². The van der Waals surface area contributed by atoms with Gasteiger partial charge in [-0.05, 0) is 80.1 Å². The van der Waals surface area contributed by atoms with Crippen molar-refractivity contribution in [1.29, 1.82) is 0 Å². The van der Waals surface area contributed by atoms with Crippen LogP contribution in [0.15, 0.2) is 53.0 Å². The van der Waals surface area contributed by atoms with Gasteiger partial charge in [-0.25, -0.2) is 22.5 Å². The minimum atomic E-state index is -3.61. The Bertz CT molecular complexity index is 1560. The van der Waals surface area contributed by atoms with Crippen LogP contribution in [0.4, 0.5) is 4.39 Å². The first-order valence-corrected chi connectivity index (χ1v) is 15.5. The lowest BCUT2D eigenvalue weighted by Crippen LogP contribution is -2.51. The lowest BCUT2D eigenvalue weighted by atomic mass is 9.95. The Morgan fingerprint density at radius 2 is 1.82 bits per heavy atom. The van der Waals surface area contributed by atoms with Crippen LogP contribution in [-0.4, -0.2) is 58.6 Å². The molecule has 2 aromatic carbocycles. The molecule has 0 amide bonds. The fraction of sp³-hybridized carbons (Fsp3) is 0.429. The van der Waals surface area contributed by atoms with E-state index in [0.29, 0.717) is 29.8 Å². The molecule has 1 atom stereocenters. The van der Waals surface area contributed by atoms with E-state index < -0.39 is 10.0 Å². The molecular formula is C28H32FN5O2S2. The summed E-state index contributed by atoms with van der Waals surface area (Å²) in [6, 6.07) is 10.6. The number of hydrogen-bond acceptors (Lipinski definition) is 6. The first-order valence-electron chi connectivity index (χ1n) is 13.2. The van der Waals surface area contributed by atoms with E-state index in [1.165, 1.54) is 55.3 Å². The fourth-order valence-corrected chi connectivity index (χ4v) is 8.68. The largest absolute Gasteiger partial charge is 0.293 e. The predicted octanol–water partition coefficient (Wildman–Crippen LogP) is 5.48. The summed E-state index contributed by atoms with van der Waals surface area (Å²) in [7, 11) is -3.61. The fourth-order valence-electron chi connectivity index (χ4n) is 5.98. The van der Waals surface area contributed by atoms with Gasteiger partial charge in [0.15, 0.2) is 4.21 Å². The zero-order valence-corrected chi connectivity index (χ0v) is 23.3. The number of aryl methyl sites for hydroxylation is 2. The minimum absolute atomic E-state index is 0.0493. The molecule has 10 heteroatoms. The molecule has 1 saturated carbocycles. The molecule has 200 valence electrons. The summed E-state index contributed by atoms with van der Waals surface area (Å²) in [6.45, 7) is 6.49. The smallest absolute Gasteiger partial charge is 0.254 e. The van der Waals surface area contributed by atoms with Gasteiger partial charge < -0.3 is 0 Å². The zero-order valence-electron chi connectivity index (χ0n) is 21.7. The van der Waals surface area contributed by atoms with Gasteiger partial charge in [-0.1, -0.05) is 12.8 Å². The van der Waals surface area contributed by atoms with Gasteiger partial charge in [0.05, 0.1) is 28.6 Å².